The zero-order valence-corrected chi connectivity index (χ0v) is 19.3. The molecule has 1 N–H and O–H groups in total. The van der Waals surface area contributed by atoms with E-state index in [9.17, 15) is 4.79 Å². The van der Waals surface area contributed by atoms with Gasteiger partial charge in [0.25, 0.3) is 5.91 Å². The number of thioether (sulfide) groups is 1. The van der Waals surface area contributed by atoms with Crippen LogP contribution < -0.4 is 10.2 Å². The second-order valence-corrected chi connectivity index (χ2v) is 8.93. The Balaban J connectivity index is 1.39. The van der Waals surface area contributed by atoms with Crippen LogP contribution in [0, 0.1) is 0 Å². The van der Waals surface area contributed by atoms with Crippen LogP contribution in [0.1, 0.15) is 28.8 Å². The van der Waals surface area contributed by atoms with E-state index in [1.54, 1.807) is 11.8 Å². The molecule has 1 fully saturated rings. The summed E-state index contributed by atoms with van der Waals surface area (Å²) < 4.78 is 5.56. The molecular formula is C25H28N4O2S. The molecule has 4 rings (SSSR count). The number of aromatic nitrogens is 2. The molecule has 0 aliphatic carbocycles. The normalized spacial score (nSPS) is 15.5. The molecule has 0 radical (unpaired) electrons. The Labute approximate surface area is 193 Å². The molecule has 1 saturated heterocycles. The lowest BCUT2D eigenvalue weighted by molar-refractivity contribution is 0.0858. The van der Waals surface area contributed by atoms with E-state index in [-0.39, 0.29) is 12.0 Å². The average Bonchev–Trinajstić information content (AvgIpc) is 3.36. The van der Waals surface area contributed by atoms with Crippen LogP contribution in [-0.4, -0.2) is 49.2 Å². The fraction of sp³-hybridized carbons (Fsp3) is 0.320. The zero-order chi connectivity index (χ0) is 22.3. The highest BCUT2D eigenvalue weighted by molar-refractivity contribution is 7.98. The molecule has 0 bridgehead atoms. The minimum Gasteiger partial charge on any atom is -0.376 e. The van der Waals surface area contributed by atoms with Crippen molar-refractivity contribution < 1.29 is 9.53 Å². The highest BCUT2D eigenvalue weighted by Gasteiger charge is 2.16. The molecule has 6 nitrogen and oxygen atoms in total. The summed E-state index contributed by atoms with van der Waals surface area (Å²) in [7, 11) is 3.96. The molecule has 1 aliphatic rings. The summed E-state index contributed by atoms with van der Waals surface area (Å²) in [4.78, 5) is 23.8. The average molecular weight is 449 g/mol. The van der Waals surface area contributed by atoms with Gasteiger partial charge in [-0.3, -0.25) is 4.79 Å². The van der Waals surface area contributed by atoms with Crippen LogP contribution in [-0.2, 0) is 10.5 Å². The van der Waals surface area contributed by atoms with Crippen molar-refractivity contribution in [2.24, 2.45) is 0 Å². The van der Waals surface area contributed by atoms with Crippen molar-refractivity contribution >= 4 is 23.5 Å². The third-order valence-electron chi connectivity index (χ3n) is 5.32. The van der Waals surface area contributed by atoms with Crippen molar-refractivity contribution in [1.29, 1.82) is 0 Å². The highest BCUT2D eigenvalue weighted by atomic mass is 32.2. The van der Waals surface area contributed by atoms with Crippen LogP contribution >= 0.6 is 11.8 Å². The van der Waals surface area contributed by atoms with Gasteiger partial charge in [0.15, 0.2) is 5.16 Å². The molecule has 1 aromatic heterocycles. The molecule has 1 atom stereocenters. The molecule has 1 amide bonds. The summed E-state index contributed by atoms with van der Waals surface area (Å²) in [6.07, 6.45) is 2.23. The van der Waals surface area contributed by atoms with Gasteiger partial charge >= 0.3 is 0 Å². The quantitative estimate of drug-likeness (QED) is 0.407. The summed E-state index contributed by atoms with van der Waals surface area (Å²) in [5.74, 6) is 1.54. The van der Waals surface area contributed by atoms with Crippen molar-refractivity contribution in [2.45, 2.75) is 29.9 Å². The number of anilines is 1. The van der Waals surface area contributed by atoms with Crippen molar-refractivity contribution in [3.63, 3.8) is 0 Å². The first-order valence-corrected chi connectivity index (χ1v) is 11.8. The maximum absolute atomic E-state index is 12.4. The smallest absolute Gasteiger partial charge is 0.251 e. The summed E-state index contributed by atoms with van der Waals surface area (Å²) in [6.45, 7) is 1.36. The van der Waals surface area contributed by atoms with Crippen LogP contribution in [0.2, 0.25) is 0 Å². The van der Waals surface area contributed by atoms with Gasteiger partial charge in [0.2, 0.25) is 0 Å². The second kappa shape index (κ2) is 10.6. The molecule has 1 aliphatic heterocycles. The Morgan fingerprint density at radius 3 is 2.59 bits per heavy atom. The Morgan fingerprint density at radius 1 is 1.12 bits per heavy atom. The van der Waals surface area contributed by atoms with Crippen LogP contribution in [0.4, 0.5) is 5.82 Å². The van der Waals surface area contributed by atoms with Gasteiger partial charge in [-0.25, -0.2) is 9.97 Å². The lowest BCUT2D eigenvalue weighted by Crippen LogP contribution is -2.31. The maximum atomic E-state index is 12.4. The molecule has 32 heavy (non-hydrogen) atoms. The number of benzene rings is 2. The third kappa shape index (κ3) is 5.87. The van der Waals surface area contributed by atoms with Gasteiger partial charge < -0.3 is 15.0 Å². The molecular weight excluding hydrogens is 420 g/mol. The Hall–Kier alpha value is -2.90. The first-order chi connectivity index (χ1) is 15.6. The van der Waals surface area contributed by atoms with Crippen LogP contribution in [0.15, 0.2) is 65.8 Å². The van der Waals surface area contributed by atoms with E-state index in [0.717, 1.165) is 53.0 Å². The number of ether oxygens (including phenoxy) is 1. The van der Waals surface area contributed by atoms with E-state index in [2.05, 4.69) is 22.4 Å². The first-order valence-electron chi connectivity index (χ1n) is 10.8. The molecule has 0 saturated carbocycles. The Bertz CT molecular complexity index is 1040. The Kier molecular flexibility index (Phi) is 7.39. The molecule has 1 unspecified atom stereocenters. The molecule has 0 spiro atoms. The molecule has 2 heterocycles. The number of carbonyl (C=O) groups excluding carboxylic acids is 1. The second-order valence-electron chi connectivity index (χ2n) is 7.99. The summed E-state index contributed by atoms with van der Waals surface area (Å²) >= 11 is 1.59. The Morgan fingerprint density at radius 2 is 1.91 bits per heavy atom. The van der Waals surface area contributed by atoms with E-state index < -0.39 is 0 Å². The number of amides is 1. The summed E-state index contributed by atoms with van der Waals surface area (Å²) in [6, 6.07) is 19.8. The topological polar surface area (TPSA) is 67.4 Å². The van der Waals surface area contributed by atoms with Gasteiger partial charge in [0.05, 0.1) is 11.8 Å². The van der Waals surface area contributed by atoms with Gasteiger partial charge in [-0.1, -0.05) is 54.2 Å². The monoisotopic (exact) mass is 448 g/mol. The van der Waals surface area contributed by atoms with Crippen molar-refractivity contribution in [3.8, 4) is 11.3 Å². The van der Waals surface area contributed by atoms with E-state index in [0.29, 0.717) is 12.1 Å². The first kappa shape index (κ1) is 22.3. The fourth-order valence-electron chi connectivity index (χ4n) is 3.48. The standard InChI is InChI=1S/C25H28N4O2S/c1-29(2)23-15-22(19-7-4-3-5-8-19)27-25(28-23)32-17-18-10-12-20(13-11-18)24(30)26-16-21-9-6-14-31-21/h3-5,7-8,10-13,15,21H,6,9,14,16-17H2,1-2H3,(H,26,30). The van der Waals surface area contributed by atoms with E-state index in [1.807, 2.05) is 67.5 Å². The lowest BCUT2D eigenvalue weighted by atomic mass is 10.1. The number of hydrogen-bond acceptors (Lipinski definition) is 6. The van der Waals surface area contributed by atoms with Gasteiger partial charge in [0.1, 0.15) is 5.82 Å². The van der Waals surface area contributed by atoms with E-state index in [4.69, 9.17) is 9.72 Å². The molecule has 7 heteroatoms. The molecule has 166 valence electrons. The highest BCUT2D eigenvalue weighted by Crippen LogP contribution is 2.26. The SMILES string of the molecule is CN(C)c1cc(-c2ccccc2)nc(SCc2ccc(C(=O)NCC3CCCO3)cc2)n1. The number of nitrogens with zero attached hydrogens (tertiary/aromatic N) is 3. The third-order valence-corrected chi connectivity index (χ3v) is 6.24. The molecule has 2 aromatic carbocycles. The number of nitrogens with one attached hydrogen (secondary N) is 1. The van der Waals surface area contributed by atoms with E-state index in [1.165, 1.54) is 0 Å². The number of hydrogen-bond donors (Lipinski definition) is 1. The maximum Gasteiger partial charge on any atom is 0.251 e. The number of carbonyl (C=O) groups is 1. The summed E-state index contributed by atoms with van der Waals surface area (Å²) in [5.41, 5.74) is 3.75. The van der Waals surface area contributed by atoms with Gasteiger partial charge in [-0.05, 0) is 30.5 Å². The molecule has 3 aromatic rings. The van der Waals surface area contributed by atoms with Crippen LogP contribution in [0.5, 0.6) is 0 Å². The van der Waals surface area contributed by atoms with Crippen molar-refractivity contribution in [2.75, 3.05) is 32.1 Å². The zero-order valence-electron chi connectivity index (χ0n) is 18.5. The van der Waals surface area contributed by atoms with Crippen molar-refractivity contribution in [1.82, 2.24) is 15.3 Å². The fourth-order valence-corrected chi connectivity index (χ4v) is 4.29. The predicted molar refractivity (Wildman–Crippen MR) is 129 cm³/mol. The number of rotatable bonds is 8. The van der Waals surface area contributed by atoms with Crippen LogP contribution in [0.25, 0.3) is 11.3 Å². The van der Waals surface area contributed by atoms with E-state index >= 15 is 0 Å². The lowest BCUT2D eigenvalue weighted by Gasteiger charge is -2.14. The van der Waals surface area contributed by atoms with Crippen molar-refractivity contribution in [3.05, 3.63) is 71.8 Å². The minimum absolute atomic E-state index is 0.0609. The van der Waals surface area contributed by atoms with Gasteiger partial charge in [-0.15, -0.1) is 0 Å². The minimum atomic E-state index is -0.0609. The predicted octanol–water partition coefficient (Wildman–Crippen LogP) is 4.41. The van der Waals surface area contributed by atoms with Gasteiger partial charge in [0, 0.05) is 50.2 Å². The van der Waals surface area contributed by atoms with Gasteiger partial charge in [-0.2, -0.15) is 0 Å². The summed E-state index contributed by atoms with van der Waals surface area (Å²) in [5, 5.41) is 3.69. The van der Waals surface area contributed by atoms with Crippen LogP contribution in [0.3, 0.4) is 0 Å². The largest absolute Gasteiger partial charge is 0.376 e.